The molecule has 2 heterocycles. The lowest BCUT2D eigenvalue weighted by molar-refractivity contribution is 0.754. The maximum absolute atomic E-state index is 6.10. The van der Waals surface area contributed by atoms with E-state index in [0.717, 1.165) is 28.4 Å². The van der Waals surface area contributed by atoms with Crippen molar-refractivity contribution in [3.8, 4) is 5.69 Å². The van der Waals surface area contributed by atoms with Crippen molar-refractivity contribution in [2.45, 2.75) is 32.6 Å². The van der Waals surface area contributed by atoms with E-state index in [1.807, 2.05) is 18.7 Å². The molecule has 4 nitrogen and oxygen atoms in total. The van der Waals surface area contributed by atoms with Crippen LogP contribution >= 0.6 is 11.6 Å². The van der Waals surface area contributed by atoms with Crippen LogP contribution in [0.3, 0.4) is 0 Å². The Morgan fingerprint density at radius 2 is 2.05 bits per heavy atom. The van der Waals surface area contributed by atoms with Crippen molar-refractivity contribution in [1.82, 2.24) is 19.3 Å². The molecule has 0 amide bonds. The normalized spacial score (nSPS) is 11.7. The zero-order valence-corrected chi connectivity index (χ0v) is 13.5. The number of nitrogens with zero attached hydrogens (tertiary/aromatic N) is 4. The molecule has 3 aromatic rings. The third-order valence-electron chi connectivity index (χ3n) is 3.79. The van der Waals surface area contributed by atoms with Crippen molar-refractivity contribution in [3.63, 3.8) is 0 Å². The highest BCUT2D eigenvalue weighted by Gasteiger charge is 2.18. The Labute approximate surface area is 129 Å². The van der Waals surface area contributed by atoms with Gasteiger partial charge in [0.25, 0.3) is 0 Å². The van der Waals surface area contributed by atoms with Crippen LogP contribution in [0.4, 0.5) is 0 Å². The van der Waals surface area contributed by atoms with E-state index < -0.39 is 0 Å². The van der Waals surface area contributed by atoms with Gasteiger partial charge in [-0.3, -0.25) is 4.57 Å². The van der Waals surface area contributed by atoms with Crippen LogP contribution in [-0.2, 0) is 12.9 Å². The third kappa shape index (κ3) is 2.23. The summed E-state index contributed by atoms with van der Waals surface area (Å²) in [4.78, 5) is 4.65. The molecule has 0 spiro atoms. The van der Waals surface area contributed by atoms with Gasteiger partial charge >= 0.3 is 0 Å². The summed E-state index contributed by atoms with van der Waals surface area (Å²) in [5.74, 6) is 1.71. The van der Waals surface area contributed by atoms with Gasteiger partial charge in [0, 0.05) is 12.7 Å². The first-order valence-corrected chi connectivity index (χ1v) is 7.63. The number of imidazole rings is 1. The topological polar surface area (TPSA) is 35.6 Å². The number of halogens is 1. The number of aryl methyl sites for hydroxylation is 2. The Morgan fingerprint density at radius 1 is 1.29 bits per heavy atom. The summed E-state index contributed by atoms with van der Waals surface area (Å²) in [6, 6.07) is 8.52. The summed E-state index contributed by atoms with van der Waals surface area (Å²) in [6.45, 7) is 6.36. The zero-order valence-electron chi connectivity index (χ0n) is 12.8. The van der Waals surface area contributed by atoms with E-state index >= 15 is 0 Å². The standard InChI is InChI=1S/C16H19ClN4/c1-10(2)12-6-5-7-13(8-12)21-14(9-17)18-15-11(3)19-20(4)16(15)21/h5-8,10H,9H2,1-4H3. The van der Waals surface area contributed by atoms with E-state index in [0.29, 0.717) is 11.8 Å². The van der Waals surface area contributed by atoms with Crippen LogP contribution in [0, 0.1) is 6.92 Å². The maximum atomic E-state index is 6.10. The van der Waals surface area contributed by atoms with Crippen molar-refractivity contribution in [2.75, 3.05) is 0 Å². The first-order valence-electron chi connectivity index (χ1n) is 7.10. The van der Waals surface area contributed by atoms with Crippen LogP contribution in [0.15, 0.2) is 24.3 Å². The highest BCUT2D eigenvalue weighted by atomic mass is 35.5. The first-order chi connectivity index (χ1) is 10.0. The average molecular weight is 303 g/mol. The lowest BCUT2D eigenvalue weighted by Gasteiger charge is -2.12. The second-order valence-corrected chi connectivity index (χ2v) is 5.90. The zero-order chi connectivity index (χ0) is 15.1. The monoisotopic (exact) mass is 302 g/mol. The van der Waals surface area contributed by atoms with E-state index in [1.165, 1.54) is 5.56 Å². The van der Waals surface area contributed by atoms with E-state index in [4.69, 9.17) is 11.6 Å². The fourth-order valence-electron chi connectivity index (χ4n) is 2.70. The number of benzene rings is 1. The van der Waals surface area contributed by atoms with E-state index in [2.05, 4.69) is 52.8 Å². The molecule has 1 aromatic carbocycles. The molecule has 2 aromatic heterocycles. The number of fused-ring (bicyclic) bond motifs is 1. The second-order valence-electron chi connectivity index (χ2n) is 5.63. The minimum absolute atomic E-state index is 0.375. The molecule has 110 valence electrons. The smallest absolute Gasteiger partial charge is 0.163 e. The molecule has 0 aliphatic rings. The molecule has 3 rings (SSSR count). The quantitative estimate of drug-likeness (QED) is 0.687. The van der Waals surface area contributed by atoms with E-state index in [1.54, 1.807) is 0 Å². The van der Waals surface area contributed by atoms with Crippen LogP contribution in [0.1, 0.15) is 36.8 Å². The molecule has 21 heavy (non-hydrogen) atoms. The minimum Gasteiger partial charge on any atom is -0.280 e. The van der Waals surface area contributed by atoms with Crippen LogP contribution in [-0.4, -0.2) is 19.3 Å². The van der Waals surface area contributed by atoms with Crippen molar-refractivity contribution < 1.29 is 0 Å². The van der Waals surface area contributed by atoms with Crippen LogP contribution in [0.25, 0.3) is 16.9 Å². The summed E-state index contributed by atoms with van der Waals surface area (Å²) in [6.07, 6.45) is 0. The Morgan fingerprint density at radius 3 is 2.71 bits per heavy atom. The molecular formula is C16H19ClN4. The van der Waals surface area contributed by atoms with Gasteiger partial charge in [-0.15, -0.1) is 11.6 Å². The number of alkyl halides is 1. The number of hydrogen-bond acceptors (Lipinski definition) is 2. The SMILES string of the molecule is Cc1nn(C)c2c1nc(CCl)n2-c1cccc(C(C)C)c1. The molecule has 0 radical (unpaired) electrons. The third-order valence-corrected chi connectivity index (χ3v) is 4.03. The highest BCUT2D eigenvalue weighted by molar-refractivity contribution is 6.17. The molecule has 0 aliphatic carbocycles. The average Bonchev–Trinajstić information content (AvgIpc) is 2.98. The Balaban J connectivity index is 2.30. The molecule has 0 unspecified atom stereocenters. The largest absolute Gasteiger partial charge is 0.280 e. The van der Waals surface area contributed by atoms with Gasteiger partial charge < -0.3 is 0 Å². The molecule has 0 aliphatic heterocycles. The van der Waals surface area contributed by atoms with Crippen LogP contribution < -0.4 is 0 Å². The van der Waals surface area contributed by atoms with Crippen molar-refractivity contribution in [2.24, 2.45) is 7.05 Å². The predicted molar refractivity (Wildman–Crippen MR) is 86.2 cm³/mol. The van der Waals surface area contributed by atoms with Crippen molar-refractivity contribution >= 4 is 22.8 Å². The van der Waals surface area contributed by atoms with Crippen LogP contribution in [0.5, 0.6) is 0 Å². The summed E-state index contributed by atoms with van der Waals surface area (Å²) in [7, 11) is 1.94. The van der Waals surface area contributed by atoms with Gasteiger partial charge in [-0.25, -0.2) is 9.67 Å². The summed E-state index contributed by atoms with van der Waals surface area (Å²) >= 11 is 6.10. The lowest BCUT2D eigenvalue weighted by atomic mass is 10.0. The molecule has 0 atom stereocenters. The predicted octanol–water partition coefficient (Wildman–Crippen LogP) is 3.93. The minimum atomic E-state index is 0.375. The fraction of sp³-hybridized carbons (Fsp3) is 0.375. The Bertz CT molecular complexity index is 798. The molecule has 0 bridgehead atoms. The molecule has 5 heteroatoms. The summed E-state index contributed by atoms with van der Waals surface area (Å²) < 4.78 is 3.98. The van der Waals surface area contributed by atoms with Crippen LogP contribution in [0.2, 0.25) is 0 Å². The summed E-state index contributed by atoms with van der Waals surface area (Å²) in [5, 5.41) is 4.46. The van der Waals surface area contributed by atoms with E-state index in [9.17, 15) is 0 Å². The Hall–Kier alpha value is -1.81. The van der Waals surface area contributed by atoms with Gasteiger partial charge in [-0.1, -0.05) is 26.0 Å². The van der Waals surface area contributed by atoms with Gasteiger partial charge in [0.05, 0.1) is 11.6 Å². The molecule has 0 N–H and O–H groups in total. The number of aromatic nitrogens is 4. The van der Waals surface area contributed by atoms with Gasteiger partial charge in [0.1, 0.15) is 11.3 Å². The molecule has 0 fully saturated rings. The maximum Gasteiger partial charge on any atom is 0.163 e. The second kappa shape index (κ2) is 5.19. The van der Waals surface area contributed by atoms with Crippen molar-refractivity contribution in [1.29, 1.82) is 0 Å². The highest BCUT2D eigenvalue weighted by Crippen LogP contribution is 2.26. The van der Waals surface area contributed by atoms with Crippen molar-refractivity contribution in [3.05, 3.63) is 41.3 Å². The Kier molecular flexibility index (Phi) is 3.49. The van der Waals surface area contributed by atoms with Gasteiger partial charge in [-0.2, -0.15) is 5.10 Å². The number of rotatable bonds is 3. The fourth-order valence-corrected chi connectivity index (χ4v) is 2.88. The first kappa shape index (κ1) is 14.1. The lowest BCUT2D eigenvalue weighted by Crippen LogP contribution is -2.05. The van der Waals surface area contributed by atoms with E-state index in [-0.39, 0.29) is 0 Å². The summed E-state index contributed by atoms with van der Waals surface area (Å²) in [5.41, 5.74) is 5.22. The van der Waals surface area contributed by atoms with Gasteiger partial charge in [0.2, 0.25) is 0 Å². The molecule has 0 saturated carbocycles. The van der Waals surface area contributed by atoms with Gasteiger partial charge in [-0.05, 0) is 30.5 Å². The van der Waals surface area contributed by atoms with Gasteiger partial charge in [0.15, 0.2) is 5.65 Å². The molecule has 0 saturated heterocycles. The number of hydrogen-bond donors (Lipinski definition) is 0. The molecular weight excluding hydrogens is 284 g/mol.